The lowest BCUT2D eigenvalue weighted by molar-refractivity contribution is 0.0788. The number of ether oxygens (including phenoxy) is 4. The number of hydrogen-bond donors (Lipinski definition) is 0. The molecule has 0 aliphatic carbocycles. The van der Waals surface area contributed by atoms with E-state index in [0.717, 1.165) is 12.5 Å². The number of hydrogen-bond acceptors (Lipinski definition) is 6. The highest BCUT2D eigenvalue weighted by Gasteiger charge is 2.05. The van der Waals surface area contributed by atoms with Crippen LogP contribution in [0.25, 0.3) is 0 Å². The molecule has 0 N–H and O–H groups in total. The molecule has 6 nitrogen and oxygen atoms in total. The molecule has 19 heavy (non-hydrogen) atoms. The Morgan fingerprint density at radius 1 is 1.00 bits per heavy atom. The van der Waals surface area contributed by atoms with Gasteiger partial charge in [-0.3, -0.25) is 0 Å². The third-order valence-corrected chi connectivity index (χ3v) is 1.84. The molecule has 100 valence electrons. The van der Waals surface area contributed by atoms with Crippen molar-refractivity contribution < 1.29 is 28.5 Å². The number of benzene rings is 1. The highest BCUT2D eigenvalue weighted by atomic mass is 16.7. The van der Waals surface area contributed by atoms with Gasteiger partial charge in [-0.15, -0.1) is 0 Å². The van der Waals surface area contributed by atoms with Gasteiger partial charge in [-0.25, -0.2) is 9.59 Å². The molecule has 0 aromatic heterocycles. The van der Waals surface area contributed by atoms with Crippen LogP contribution < -0.4 is 4.74 Å². The summed E-state index contributed by atoms with van der Waals surface area (Å²) in [7, 11) is 0. The molecule has 0 saturated heterocycles. The van der Waals surface area contributed by atoms with E-state index >= 15 is 0 Å². The number of carbonyl (C=O) groups excluding carboxylic acids is 2. The molecular weight excluding hydrogens is 252 g/mol. The minimum atomic E-state index is -0.881. The minimum absolute atomic E-state index is 0.0318. The zero-order chi connectivity index (χ0) is 14.1. The first kappa shape index (κ1) is 14.3. The molecule has 0 unspecified atom stereocenters. The van der Waals surface area contributed by atoms with Crippen molar-refractivity contribution >= 4 is 12.3 Å². The molecule has 0 heterocycles. The van der Waals surface area contributed by atoms with Crippen molar-refractivity contribution in [2.75, 3.05) is 0 Å². The lowest BCUT2D eigenvalue weighted by atomic mass is 10.2. The van der Waals surface area contributed by atoms with Crippen LogP contribution in [0.3, 0.4) is 0 Å². The maximum atomic E-state index is 11.0. The van der Waals surface area contributed by atoms with Crippen molar-refractivity contribution in [2.24, 2.45) is 0 Å². The first-order valence-electron chi connectivity index (χ1n) is 5.18. The fourth-order valence-corrected chi connectivity index (χ4v) is 1.09. The zero-order valence-electron chi connectivity index (χ0n) is 10.0. The quantitative estimate of drug-likeness (QED) is 0.462. The van der Waals surface area contributed by atoms with Crippen molar-refractivity contribution in [1.82, 2.24) is 0 Å². The minimum Gasteiger partial charge on any atom is -0.429 e. The molecule has 0 spiro atoms. The summed E-state index contributed by atoms with van der Waals surface area (Å²) in [6, 6.07) is 6.30. The van der Waals surface area contributed by atoms with Crippen LogP contribution >= 0.6 is 0 Å². The Kier molecular flexibility index (Phi) is 5.68. The highest BCUT2D eigenvalue weighted by molar-refractivity contribution is 5.64. The predicted octanol–water partition coefficient (Wildman–Crippen LogP) is 3.14. The molecule has 0 atom stereocenters. The monoisotopic (exact) mass is 264 g/mol. The van der Waals surface area contributed by atoms with Crippen LogP contribution in [0.1, 0.15) is 5.56 Å². The second-order valence-electron chi connectivity index (χ2n) is 3.10. The van der Waals surface area contributed by atoms with E-state index in [-0.39, 0.29) is 6.61 Å². The molecule has 0 aliphatic rings. The zero-order valence-corrected chi connectivity index (χ0v) is 10.0. The van der Waals surface area contributed by atoms with E-state index < -0.39 is 12.3 Å². The Balaban J connectivity index is 2.47. The standard InChI is InChI=1S/C13H12O6/c1-3-16-12(14)18-9-10-5-7-11(8-6-10)19-13(15)17-4-2/h3-8H,1-2,9H2. The lowest BCUT2D eigenvalue weighted by Crippen LogP contribution is -2.07. The van der Waals surface area contributed by atoms with Gasteiger partial charge in [0.25, 0.3) is 0 Å². The summed E-state index contributed by atoms with van der Waals surface area (Å²) in [5.74, 6) is 0.296. The molecule has 1 rings (SSSR count). The van der Waals surface area contributed by atoms with Gasteiger partial charge in [-0.1, -0.05) is 25.3 Å². The maximum absolute atomic E-state index is 11.0. The summed E-state index contributed by atoms with van der Waals surface area (Å²) in [6.07, 6.45) is 0.221. The van der Waals surface area contributed by atoms with Crippen LogP contribution in [0.2, 0.25) is 0 Å². The number of rotatable bonds is 5. The van der Waals surface area contributed by atoms with Gasteiger partial charge in [-0.05, 0) is 17.7 Å². The van der Waals surface area contributed by atoms with Crippen molar-refractivity contribution in [3.05, 3.63) is 55.5 Å². The third kappa shape index (κ3) is 5.40. The van der Waals surface area contributed by atoms with Crippen LogP contribution in [0.15, 0.2) is 49.9 Å². The summed E-state index contributed by atoms with van der Waals surface area (Å²) >= 11 is 0. The Labute approximate surface area is 109 Å². The largest absolute Gasteiger partial charge is 0.518 e. The van der Waals surface area contributed by atoms with Crippen molar-refractivity contribution in [3.8, 4) is 5.75 Å². The third-order valence-electron chi connectivity index (χ3n) is 1.84. The van der Waals surface area contributed by atoms with Crippen LogP contribution in [-0.4, -0.2) is 12.3 Å². The first-order chi connectivity index (χ1) is 9.15. The molecule has 6 heteroatoms. The van der Waals surface area contributed by atoms with E-state index in [9.17, 15) is 9.59 Å². The fraction of sp³-hybridized carbons (Fsp3) is 0.0769. The second-order valence-corrected chi connectivity index (χ2v) is 3.10. The average Bonchev–Trinajstić information content (AvgIpc) is 2.38. The van der Waals surface area contributed by atoms with Crippen LogP contribution in [0, 0.1) is 0 Å². The Hall–Kier alpha value is -2.76. The molecule has 0 fully saturated rings. The number of carbonyl (C=O) groups is 2. The summed E-state index contributed by atoms with van der Waals surface area (Å²) in [6.45, 7) is 6.47. The smallest absolute Gasteiger partial charge is 0.429 e. The fourth-order valence-electron chi connectivity index (χ4n) is 1.09. The van der Waals surface area contributed by atoms with Crippen molar-refractivity contribution in [1.29, 1.82) is 0 Å². The SMILES string of the molecule is C=COC(=O)OCc1ccc(OC(=O)OC=C)cc1. The van der Waals surface area contributed by atoms with E-state index in [1.807, 2.05) is 0 Å². The van der Waals surface area contributed by atoms with Gasteiger partial charge in [0.15, 0.2) is 0 Å². The molecule has 1 aromatic rings. The van der Waals surface area contributed by atoms with Crippen molar-refractivity contribution in [3.63, 3.8) is 0 Å². The molecule has 0 amide bonds. The Morgan fingerprint density at radius 3 is 2.16 bits per heavy atom. The van der Waals surface area contributed by atoms with Gasteiger partial charge in [0.2, 0.25) is 0 Å². The van der Waals surface area contributed by atoms with E-state index in [2.05, 4.69) is 22.6 Å². The maximum Gasteiger partial charge on any atom is 0.518 e. The second kappa shape index (κ2) is 7.54. The Morgan fingerprint density at radius 2 is 1.58 bits per heavy atom. The van der Waals surface area contributed by atoms with Crippen molar-refractivity contribution in [2.45, 2.75) is 6.61 Å². The van der Waals surface area contributed by atoms with Gasteiger partial charge >= 0.3 is 12.3 Å². The van der Waals surface area contributed by atoms with Crippen LogP contribution in [0.5, 0.6) is 5.75 Å². The van der Waals surface area contributed by atoms with Gasteiger partial charge < -0.3 is 18.9 Å². The lowest BCUT2D eigenvalue weighted by Gasteiger charge is -2.05. The topological polar surface area (TPSA) is 71.1 Å². The average molecular weight is 264 g/mol. The van der Waals surface area contributed by atoms with Crippen LogP contribution in [0.4, 0.5) is 9.59 Å². The van der Waals surface area contributed by atoms with E-state index in [4.69, 9.17) is 9.47 Å². The molecule has 0 bridgehead atoms. The van der Waals surface area contributed by atoms with E-state index in [1.165, 1.54) is 12.1 Å². The first-order valence-corrected chi connectivity index (χ1v) is 5.18. The molecular formula is C13H12O6. The van der Waals surface area contributed by atoms with E-state index in [0.29, 0.717) is 11.3 Å². The van der Waals surface area contributed by atoms with Gasteiger partial charge in [0.05, 0.1) is 12.5 Å². The molecule has 0 aliphatic heterocycles. The summed E-state index contributed by atoms with van der Waals surface area (Å²) in [5, 5.41) is 0. The predicted molar refractivity (Wildman–Crippen MR) is 65.2 cm³/mol. The van der Waals surface area contributed by atoms with Gasteiger partial charge in [0.1, 0.15) is 12.4 Å². The van der Waals surface area contributed by atoms with E-state index in [1.54, 1.807) is 12.1 Å². The summed E-state index contributed by atoms with van der Waals surface area (Å²) < 4.78 is 18.3. The Bertz CT molecular complexity index is 463. The molecule has 0 saturated carbocycles. The van der Waals surface area contributed by atoms with Crippen LogP contribution in [-0.2, 0) is 20.8 Å². The summed E-state index contributed by atoms with van der Waals surface area (Å²) in [5.41, 5.74) is 0.699. The highest BCUT2D eigenvalue weighted by Crippen LogP contribution is 2.13. The van der Waals surface area contributed by atoms with Gasteiger partial charge in [-0.2, -0.15) is 0 Å². The molecule has 1 aromatic carbocycles. The normalized spacial score (nSPS) is 9.05. The van der Waals surface area contributed by atoms with Gasteiger partial charge in [0, 0.05) is 0 Å². The summed E-state index contributed by atoms with van der Waals surface area (Å²) in [4.78, 5) is 21.9. The molecule has 0 radical (unpaired) electrons.